The lowest BCUT2D eigenvalue weighted by Crippen LogP contribution is -2.17. The van der Waals surface area contributed by atoms with Gasteiger partial charge in [-0.1, -0.05) is 35.2 Å². The van der Waals surface area contributed by atoms with E-state index in [1.165, 1.54) is 5.56 Å². The third kappa shape index (κ3) is 7.73. The number of hydrogen-bond donors (Lipinski definition) is 0. The van der Waals surface area contributed by atoms with Crippen LogP contribution in [-0.4, -0.2) is 23.6 Å². The first-order chi connectivity index (χ1) is 11.9. The molecular weight excluding hydrogens is 312 g/mol. The zero-order valence-electron chi connectivity index (χ0n) is 15.5. The van der Waals surface area contributed by atoms with E-state index in [0.717, 1.165) is 18.8 Å². The SMILES string of the molecule is CN(C/C=C/C#CC(C)(C)C)Cc1cccc(OCc2ccno2)c1. The molecule has 0 saturated carbocycles. The van der Waals surface area contributed by atoms with Gasteiger partial charge in [-0.05, 0) is 51.6 Å². The summed E-state index contributed by atoms with van der Waals surface area (Å²) in [6.45, 7) is 8.40. The van der Waals surface area contributed by atoms with E-state index in [4.69, 9.17) is 9.26 Å². The molecule has 0 radical (unpaired) electrons. The van der Waals surface area contributed by atoms with Gasteiger partial charge in [0.1, 0.15) is 12.4 Å². The standard InChI is InChI=1S/C21H26N2O2/c1-21(2,3)12-6-5-7-14-23(4)16-18-9-8-10-19(15-18)24-17-20-11-13-22-25-20/h5,7-11,13,15H,14,16-17H2,1-4H3/b7-5+. The first kappa shape index (κ1) is 18.8. The smallest absolute Gasteiger partial charge is 0.174 e. The summed E-state index contributed by atoms with van der Waals surface area (Å²) >= 11 is 0. The molecule has 0 unspecified atom stereocenters. The van der Waals surface area contributed by atoms with Crippen LogP contribution in [0, 0.1) is 17.3 Å². The van der Waals surface area contributed by atoms with Crippen molar-refractivity contribution in [3.8, 4) is 17.6 Å². The van der Waals surface area contributed by atoms with Crippen LogP contribution < -0.4 is 4.74 Å². The molecule has 132 valence electrons. The predicted molar refractivity (Wildman–Crippen MR) is 100.0 cm³/mol. The number of nitrogens with zero attached hydrogens (tertiary/aromatic N) is 2. The normalized spacial score (nSPS) is 11.6. The number of aromatic nitrogens is 1. The van der Waals surface area contributed by atoms with Crippen molar-refractivity contribution in [3.05, 3.63) is 60.0 Å². The average Bonchev–Trinajstić information content (AvgIpc) is 3.05. The van der Waals surface area contributed by atoms with Crippen molar-refractivity contribution >= 4 is 0 Å². The molecular formula is C21H26N2O2. The first-order valence-electron chi connectivity index (χ1n) is 8.40. The van der Waals surface area contributed by atoms with Gasteiger partial charge >= 0.3 is 0 Å². The highest BCUT2D eigenvalue weighted by molar-refractivity contribution is 5.28. The van der Waals surface area contributed by atoms with Crippen LogP contribution in [0.15, 0.2) is 53.2 Å². The molecule has 0 bridgehead atoms. The number of hydrogen-bond acceptors (Lipinski definition) is 4. The molecule has 25 heavy (non-hydrogen) atoms. The summed E-state index contributed by atoms with van der Waals surface area (Å²) in [6, 6.07) is 9.90. The maximum atomic E-state index is 5.73. The van der Waals surface area contributed by atoms with Crippen LogP contribution in [0.3, 0.4) is 0 Å². The highest BCUT2D eigenvalue weighted by Crippen LogP contribution is 2.16. The quantitative estimate of drug-likeness (QED) is 0.706. The van der Waals surface area contributed by atoms with E-state index in [1.54, 1.807) is 12.3 Å². The third-order valence-corrected chi connectivity index (χ3v) is 3.29. The van der Waals surface area contributed by atoms with Crippen LogP contribution in [0.2, 0.25) is 0 Å². The molecule has 0 saturated heterocycles. The highest BCUT2D eigenvalue weighted by atomic mass is 16.5. The highest BCUT2D eigenvalue weighted by Gasteiger charge is 2.03. The zero-order chi connectivity index (χ0) is 18.1. The maximum absolute atomic E-state index is 5.73. The van der Waals surface area contributed by atoms with Crippen LogP contribution in [0.4, 0.5) is 0 Å². The molecule has 4 nitrogen and oxygen atoms in total. The summed E-state index contributed by atoms with van der Waals surface area (Å²) in [7, 11) is 2.09. The lowest BCUT2D eigenvalue weighted by Gasteiger charge is -2.15. The van der Waals surface area contributed by atoms with Crippen molar-refractivity contribution in [1.82, 2.24) is 10.1 Å². The molecule has 1 heterocycles. The predicted octanol–water partition coefficient (Wildman–Crippen LogP) is 4.29. The molecule has 0 aliphatic carbocycles. The topological polar surface area (TPSA) is 38.5 Å². The van der Waals surface area contributed by atoms with Gasteiger partial charge in [-0.3, -0.25) is 4.90 Å². The Labute approximate surface area is 150 Å². The summed E-state index contributed by atoms with van der Waals surface area (Å²) in [6.07, 6.45) is 5.63. The molecule has 0 aliphatic rings. The van der Waals surface area contributed by atoms with Gasteiger partial charge in [-0.25, -0.2) is 0 Å². The largest absolute Gasteiger partial charge is 0.486 e. The Morgan fingerprint density at radius 3 is 2.84 bits per heavy atom. The number of ether oxygens (including phenoxy) is 1. The van der Waals surface area contributed by atoms with E-state index < -0.39 is 0 Å². The zero-order valence-corrected chi connectivity index (χ0v) is 15.5. The lowest BCUT2D eigenvalue weighted by atomic mass is 9.98. The Hall–Kier alpha value is -2.51. The second-order valence-corrected chi connectivity index (χ2v) is 7.03. The molecule has 0 atom stereocenters. The number of rotatable bonds is 7. The Morgan fingerprint density at radius 1 is 1.28 bits per heavy atom. The van der Waals surface area contributed by atoms with Gasteiger partial charge in [0.25, 0.3) is 0 Å². The Kier molecular flexibility index (Phi) is 6.85. The van der Waals surface area contributed by atoms with Gasteiger partial charge in [-0.2, -0.15) is 0 Å². The summed E-state index contributed by atoms with van der Waals surface area (Å²) < 4.78 is 10.8. The monoisotopic (exact) mass is 338 g/mol. The molecule has 0 N–H and O–H groups in total. The molecule has 0 amide bonds. The molecule has 0 fully saturated rings. The van der Waals surface area contributed by atoms with Crippen LogP contribution >= 0.6 is 0 Å². The van der Waals surface area contributed by atoms with Crippen LogP contribution in [-0.2, 0) is 13.2 Å². The Bertz CT molecular complexity index is 731. The fourth-order valence-electron chi connectivity index (χ4n) is 2.13. The first-order valence-corrected chi connectivity index (χ1v) is 8.40. The van der Waals surface area contributed by atoms with E-state index in [9.17, 15) is 0 Å². The fourth-order valence-corrected chi connectivity index (χ4v) is 2.13. The summed E-state index contributed by atoms with van der Waals surface area (Å²) in [5.41, 5.74) is 1.24. The van der Waals surface area contributed by atoms with Crippen molar-refractivity contribution in [2.24, 2.45) is 5.41 Å². The van der Waals surface area contributed by atoms with Gasteiger partial charge in [0.05, 0.1) is 6.20 Å². The van der Waals surface area contributed by atoms with Gasteiger partial charge < -0.3 is 9.26 Å². The molecule has 0 spiro atoms. The molecule has 1 aromatic carbocycles. The second-order valence-electron chi connectivity index (χ2n) is 7.03. The van der Waals surface area contributed by atoms with Gasteiger partial charge in [0.2, 0.25) is 0 Å². The second kappa shape index (κ2) is 9.10. The minimum absolute atomic E-state index is 0.0440. The fraction of sp³-hybridized carbons (Fsp3) is 0.381. The maximum Gasteiger partial charge on any atom is 0.174 e. The Morgan fingerprint density at radius 2 is 2.12 bits per heavy atom. The Balaban J connectivity index is 1.81. The van der Waals surface area contributed by atoms with Crippen molar-refractivity contribution in [2.75, 3.05) is 13.6 Å². The minimum atomic E-state index is 0.0440. The van der Waals surface area contributed by atoms with Crippen LogP contribution in [0.5, 0.6) is 5.75 Å². The van der Waals surface area contributed by atoms with E-state index >= 15 is 0 Å². The molecule has 2 aromatic rings. The lowest BCUT2D eigenvalue weighted by molar-refractivity contribution is 0.249. The van der Waals surface area contributed by atoms with E-state index in [2.05, 4.69) is 67.9 Å². The van der Waals surface area contributed by atoms with Crippen molar-refractivity contribution in [2.45, 2.75) is 33.9 Å². The molecule has 2 rings (SSSR count). The average molecular weight is 338 g/mol. The third-order valence-electron chi connectivity index (χ3n) is 3.29. The summed E-state index contributed by atoms with van der Waals surface area (Å²) in [5, 5.41) is 3.67. The van der Waals surface area contributed by atoms with Crippen molar-refractivity contribution in [1.29, 1.82) is 0 Å². The van der Waals surface area contributed by atoms with Gasteiger partial charge in [-0.15, -0.1) is 0 Å². The van der Waals surface area contributed by atoms with Gasteiger partial charge in [0, 0.05) is 24.6 Å². The van der Waals surface area contributed by atoms with E-state index in [1.807, 2.05) is 18.2 Å². The molecule has 1 aromatic heterocycles. The van der Waals surface area contributed by atoms with Gasteiger partial charge in [0.15, 0.2) is 5.76 Å². The molecule has 4 heteroatoms. The minimum Gasteiger partial charge on any atom is -0.486 e. The number of allylic oxidation sites excluding steroid dienone is 1. The van der Waals surface area contributed by atoms with E-state index in [0.29, 0.717) is 12.4 Å². The van der Waals surface area contributed by atoms with E-state index in [-0.39, 0.29) is 5.41 Å². The molecule has 0 aliphatic heterocycles. The number of likely N-dealkylation sites (N-methyl/N-ethyl adjacent to an activating group) is 1. The van der Waals surface area contributed by atoms with Crippen LogP contribution in [0.1, 0.15) is 32.1 Å². The number of benzene rings is 1. The summed E-state index contributed by atoms with van der Waals surface area (Å²) in [5.74, 6) is 7.83. The van der Waals surface area contributed by atoms with Crippen molar-refractivity contribution < 1.29 is 9.26 Å². The summed E-state index contributed by atoms with van der Waals surface area (Å²) in [4.78, 5) is 2.23. The van der Waals surface area contributed by atoms with Crippen molar-refractivity contribution in [3.63, 3.8) is 0 Å². The van der Waals surface area contributed by atoms with Crippen LogP contribution in [0.25, 0.3) is 0 Å².